The van der Waals surface area contributed by atoms with Gasteiger partial charge in [0.05, 0.1) is 5.01 Å². The highest BCUT2D eigenvalue weighted by atomic mass is 32.1. The fourth-order valence-electron chi connectivity index (χ4n) is 1.65. The second-order valence-corrected chi connectivity index (χ2v) is 5.37. The summed E-state index contributed by atoms with van der Waals surface area (Å²) in [6, 6.07) is 6.95. The van der Waals surface area contributed by atoms with Crippen LogP contribution in [0.25, 0.3) is 0 Å². The molecule has 0 bridgehead atoms. The fourth-order valence-corrected chi connectivity index (χ4v) is 2.73. The Morgan fingerprint density at radius 2 is 2.18 bits per heavy atom. The summed E-state index contributed by atoms with van der Waals surface area (Å²) in [5, 5.41) is 0.936. The molecule has 1 atom stereocenters. The maximum Gasteiger partial charge on any atom is 0.126 e. The van der Waals surface area contributed by atoms with E-state index in [1.807, 2.05) is 19.2 Å². The maximum absolute atomic E-state index is 13.4. The summed E-state index contributed by atoms with van der Waals surface area (Å²) < 4.78 is 13.4. The lowest BCUT2D eigenvalue weighted by atomic mass is 10.1. The van der Waals surface area contributed by atoms with Gasteiger partial charge in [0.1, 0.15) is 5.82 Å². The number of halogens is 1. The van der Waals surface area contributed by atoms with Gasteiger partial charge in [-0.1, -0.05) is 18.2 Å². The summed E-state index contributed by atoms with van der Waals surface area (Å²) in [4.78, 5) is 5.46. The van der Waals surface area contributed by atoms with Crippen molar-refractivity contribution in [2.45, 2.75) is 25.8 Å². The molecule has 90 valence electrons. The summed E-state index contributed by atoms with van der Waals surface area (Å²) in [5.41, 5.74) is 6.42. The maximum atomic E-state index is 13.4. The number of aromatic nitrogens is 1. The molecule has 2 rings (SSSR count). The van der Waals surface area contributed by atoms with Crippen molar-refractivity contribution in [3.63, 3.8) is 0 Å². The van der Waals surface area contributed by atoms with E-state index in [4.69, 9.17) is 5.73 Å². The van der Waals surface area contributed by atoms with Gasteiger partial charge in [0, 0.05) is 23.5 Å². The predicted octanol–water partition coefficient (Wildman–Crippen LogP) is 2.76. The molecule has 0 aliphatic rings. The summed E-state index contributed by atoms with van der Waals surface area (Å²) in [7, 11) is 0. The number of benzene rings is 1. The van der Waals surface area contributed by atoms with Gasteiger partial charge in [-0.15, -0.1) is 11.3 Å². The number of hydrogen-bond donors (Lipinski definition) is 1. The van der Waals surface area contributed by atoms with Crippen molar-refractivity contribution in [3.05, 3.63) is 51.7 Å². The van der Waals surface area contributed by atoms with E-state index < -0.39 is 0 Å². The van der Waals surface area contributed by atoms with Crippen molar-refractivity contribution in [3.8, 4) is 0 Å². The van der Waals surface area contributed by atoms with Crippen LogP contribution in [0.2, 0.25) is 0 Å². The molecular formula is C13H15FN2S. The van der Waals surface area contributed by atoms with E-state index in [2.05, 4.69) is 4.98 Å². The Labute approximate surface area is 104 Å². The van der Waals surface area contributed by atoms with E-state index >= 15 is 0 Å². The third kappa shape index (κ3) is 3.35. The van der Waals surface area contributed by atoms with Crippen LogP contribution < -0.4 is 5.73 Å². The minimum atomic E-state index is -0.170. The molecule has 0 aliphatic heterocycles. The van der Waals surface area contributed by atoms with Gasteiger partial charge in [0.25, 0.3) is 0 Å². The van der Waals surface area contributed by atoms with Gasteiger partial charge in [-0.2, -0.15) is 0 Å². The smallest absolute Gasteiger partial charge is 0.126 e. The summed E-state index contributed by atoms with van der Waals surface area (Å²) >= 11 is 1.61. The third-order valence-corrected chi connectivity index (χ3v) is 3.44. The van der Waals surface area contributed by atoms with Gasteiger partial charge < -0.3 is 5.73 Å². The molecule has 2 N–H and O–H groups in total. The topological polar surface area (TPSA) is 38.9 Å². The van der Waals surface area contributed by atoms with E-state index in [0.29, 0.717) is 12.0 Å². The lowest BCUT2D eigenvalue weighted by Gasteiger charge is -2.00. The van der Waals surface area contributed by atoms with Gasteiger partial charge in [0.15, 0.2) is 0 Å². The molecule has 1 unspecified atom stereocenters. The average molecular weight is 250 g/mol. The van der Waals surface area contributed by atoms with Crippen molar-refractivity contribution in [2.24, 2.45) is 5.73 Å². The van der Waals surface area contributed by atoms with E-state index in [1.165, 1.54) is 6.07 Å². The van der Waals surface area contributed by atoms with Crippen LogP contribution in [-0.2, 0) is 12.8 Å². The number of hydrogen-bond acceptors (Lipinski definition) is 3. The van der Waals surface area contributed by atoms with E-state index in [-0.39, 0.29) is 11.9 Å². The van der Waals surface area contributed by atoms with Crippen molar-refractivity contribution in [1.82, 2.24) is 4.98 Å². The first kappa shape index (κ1) is 12.2. The Morgan fingerprint density at radius 1 is 1.41 bits per heavy atom. The molecule has 17 heavy (non-hydrogen) atoms. The molecule has 0 aliphatic carbocycles. The lowest BCUT2D eigenvalue weighted by molar-refractivity contribution is 0.614. The molecule has 1 aromatic carbocycles. The van der Waals surface area contributed by atoms with Crippen molar-refractivity contribution >= 4 is 11.3 Å². The summed E-state index contributed by atoms with van der Waals surface area (Å²) in [5.74, 6) is -0.170. The van der Waals surface area contributed by atoms with E-state index in [1.54, 1.807) is 23.5 Å². The van der Waals surface area contributed by atoms with Crippen LogP contribution in [0.15, 0.2) is 30.5 Å². The Morgan fingerprint density at radius 3 is 2.88 bits per heavy atom. The Balaban J connectivity index is 2.09. The first-order valence-corrected chi connectivity index (χ1v) is 6.39. The quantitative estimate of drug-likeness (QED) is 0.906. The van der Waals surface area contributed by atoms with Crippen LogP contribution in [0.5, 0.6) is 0 Å². The standard InChI is InChI=1S/C13H15FN2S/c1-9(15)6-11-8-16-13(17-11)7-10-4-2-3-5-12(10)14/h2-5,8-9H,6-7,15H2,1H3. The van der Waals surface area contributed by atoms with Crippen molar-refractivity contribution < 1.29 is 4.39 Å². The molecule has 0 spiro atoms. The molecule has 1 aromatic heterocycles. The van der Waals surface area contributed by atoms with Gasteiger partial charge in [-0.05, 0) is 25.0 Å². The molecule has 1 heterocycles. The minimum absolute atomic E-state index is 0.136. The van der Waals surface area contributed by atoms with Crippen molar-refractivity contribution in [2.75, 3.05) is 0 Å². The van der Waals surface area contributed by atoms with Crippen LogP contribution in [-0.4, -0.2) is 11.0 Å². The number of thiazole rings is 1. The van der Waals surface area contributed by atoms with Crippen LogP contribution in [0.1, 0.15) is 22.4 Å². The van der Waals surface area contributed by atoms with Gasteiger partial charge >= 0.3 is 0 Å². The zero-order valence-electron chi connectivity index (χ0n) is 9.69. The second-order valence-electron chi connectivity index (χ2n) is 4.17. The van der Waals surface area contributed by atoms with E-state index in [0.717, 1.165) is 16.3 Å². The molecule has 0 amide bonds. The van der Waals surface area contributed by atoms with Crippen LogP contribution in [0.4, 0.5) is 4.39 Å². The molecule has 0 saturated carbocycles. The SMILES string of the molecule is CC(N)Cc1cnc(Cc2ccccc2F)s1. The fraction of sp³-hybridized carbons (Fsp3) is 0.308. The molecule has 4 heteroatoms. The van der Waals surface area contributed by atoms with Gasteiger partial charge in [0.2, 0.25) is 0 Å². The highest BCUT2D eigenvalue weighted by Gasteiger charge is 2.07. The zero-order valence-corrected chi connectivity index (χ0v) is 10.5. The van der Waals surface area contributed by atoms with Crippen LogP contribution in [0.3, 0.4) is 0 Å². The Hall–Kier alpha value is -1.26. The third-order valence-electron chi connectivity index (χ3n) is 2.42. The highest BCUT2D eigenvalue weighted by molar-refractivity contribution is 7.11. The van der Waals surface area contributed by atoms with Gasteiger partial charge in [-0.25, -0.2) is 9.37 Å². The molecule has 2 aromatic rings. The summed E-state index contributed by atoms with van der Waals surface area (Å²) in [6.45, 7) is 1.97. The molecule has 0 saturated heterocycles. The number of nitrogens with zero attached hydrogens (tertiary/aromatic N) is 1. The van der Waals surface area contributed by atoms with Crippen LogP contribution >= 0.6 is 11.3 Å². The average Bonchev–Trinajstić information content (AvgIpc) is 2.68. The molecule has 2 nitrogen and oxygen atoms in total. The molecule has 0 radical (unpaired) electrons. The molecule has 0 fully saturated rings. The number of nitrogens with two attached hydrogens (primary N) is 1. The van der Waals surface area contributed by atoms with E-state index in [9.17, 15) is 4.39 Å². The number of rotatable bonds is 4. The van der Waals surface area contributed by atoms with Gasteiger partial charge in [-0.3, -0.25) is 0 Å². The highest BCUT2D eigenvalue weighted by Crippen LogP contribution is 2.19. The Kier molecular flexibility index (Phi) is 3.86. The normalized spacial score (nSPS) is 12.6. The zero-order chi connectivity index (χ0) is 12.3. The minimum Gasteiger partial charge on any atom is -0.328 e. The van der Waals surface area contributed by atoms with Crippen LogP contribution in [0, 0.1) is 5.82 Å². The lowest BCUT2D eigenvalue weighted by Crippen LogP contribution is -2.16. The molecular weight excluding hydrogens is 235 g/mol. The largest absolute Gasteiger partial charge is 0.328 e. The predicted molar refractivity (Wildman–Crippen MR) is 68.7 cm³/mol. The monoisotopic (exact) mass is 250 g/mol. The summed E-state index contributed by atoms with van der Waals surface area (Å²) in [6.07, 6.45) is 3.22. The first-order chi connectivity index (χ1) is 8.15. The second kappa shape index (κ2) is 5.38. The first-order valence-electron chi connectivity index (χ1n) is 5.57. The van der Waals surface area contributed by atoms with Crippen molar-refractivity contribution in [1.29, 1.82) is 0 Å². The Bertz CT molecular complexity index is 494.